The van der Waals surface area contributed by atoms with Crippen LogP contribution in [0.4, 0.5) is 10.1 Å². The highest BCUT2D eigenvalue weighted by molar-refractivity contribution is 5.98. The molecule has 0 spiro atoms. The van der Waals surface area contributed by atoms with Gasteiger partial charge in [0.15, 0.2) is 0 Å². The summed E-state index contributed by atoms with van der Waals surface area (Å²) in [6.07, 6.45) is 3.38. The lowest BCUT2D eigenvalue weighted by molar-refractivity contribution is 0.226. The first-order valence-corrected chi connectivity index (χ1v) is 12.2. The fourth-order valence-electron chi connectivity index (χ4n) is 5.03. The molecule has 5 rings (SSSR count). The van der Waals surface area contributed by atoms with Crippen molar-refractivity contribution in [2.45, 2.75) is 39.2 Å². The third-order valence-corrected chi connectivity index (χ3v) is 6.75. The lowest BCUT2D eigenvalue weighted by Crippen LogP contribution is -2.29. The van der Waals surface area contributed by atoms with Gasteiger partial charge in [-0.25, -0.2) is 4.39 Å². The van der Waals surface area contributed by atoms with Crippen molar-refractivity contribution in [2.75, 3.05) is 18.0 Å². The third kappa shape index (κ3) is 4.70. The summed E-state index contributed by atoms with van der Waals surface area (Å²) in [4.78, 5) is 7.38. The van der Waals surface area contributed by atoms with E-state index in [4.69, 9.17) is 15.0 Å². The molecule has 4 aromatic rings. The summed E-state index contributed by atoms with van der Waals surface area (Å²) in [6.45, 7) is 6.12. The summed E-state index contributed by atoms with van der Waals surface area (Å²) in [6, 6.07) is 22.4. The van der Waals surface area contributed by atoms with Crippen LogP contribution in [-0.2, 0) is 0 Å². The number of pyridine rings is 1. The van der Waals surface area contributed by atoms with Gasteiger partial charge >= 0.3 is 0 Å². The van der Waals surface area contributed by atoms with Gasteiger partial charge in [-0.1, -0.05) is 12.1 Å². The molecular formula is C30H28FN3O. The Morgan fingerprint density at radius 1 is 0.971 bits per heavy atom. The number of nitriles is 1. The largest absolute Gasteiger partial charge is 0.486 e. The average Bonchev–Trinajstić information content (AvgIpc) is 2.89. The van der Waals surface area contributed by atoms with Crippen molar-refractivity contribution in [1.82, 2.24) is 4.98 Å². The number of ether oxygens (including phenoxy) is 1. The Bertz CT molecular complexity index is 1380. The second-order valence-electron chi connectivity index (χ2n) is 9.14. The highest BCUT2D eigenvalue weighted by Crippen LogP contribution is 2.39. The second-order valence-corrected chi connectivity index (χ2v) is 9.14. The van der Waals surface area contributed by atoms with E-state index in [0.717, 1.165) is 46.4 Å². The number of piperidine rings is 1. The van der Waals surface area contributed by atoms with Crippen molar-refractivity contribution in [2.24, 2.45) is 0 Å². The summed E-state index contributed by atoms with van der Waals surface area (Å²) in [5.41, 5.74) is 6.50. The SMILES string of the molecule is Cc1nc2ccc(N3CCCCC3)cc2c(-c2ccc(F)cc2)c1C(C)Oc1ccc(C#N)cc1. The minimum absolute atomic E-state index is 0.263. The molecule has 1 aliphatic heterocycles. The monoisotopic (exact) mass is 465 g/mol. The first-order valence-electron chi connectivity index (χ1n) is 12.2. The van der Waals surface area contributed by atoms with Crippen LogP contribution in [0.1, 0.15) is 49.1 Å². The number of rotatable bonds is 5. The molecule has 1 aliphatic rings. The molecule has 5 heteroatoms. The summed E-state index contributed by atoms with van der Waals surface area (Å²) in [5, 5.41) is 10.1. The molecule has 1 atom stereocenters. The standard InChI is InChI=1S/C30H28FN3O/c1-20-29(21(2)35-26-13-6-22(19-32)7-14-26)30(23-8-10-24(31)11-9-23)27-18-25(12-15-28(27)33-20)34-16-4-3-5-17-34/h6-15,18,21H,3-5,16-17H2,1-2H3. The zero-order valence-electron chi connectivity index (χ0n) is 20.1. The van der Waals surface area contributed by atoms with Crippen LogP contribution in [0.3, 0.4) is 0 Å². The fraction of sp³-hybridized carbons (Fsp3) is 0.267. The van der Waals surface area contributed by atoms with Crippen LogP contribution in [0.5, 0.6) is 5.75 Å². The molecule has 0 amide bonds. The number of fused-ring (bicyclic) bond motifs is 1. The number of hydrogen-bond donors (Lipinski definition) is 0. The van der Waals surface area contributed by atoms with Gasteiger partial charge in [-0.05, 0) is 98.8 Å². The van der Waals surface area contributed by atoms with Crippen molar-refractivity contribution < 1.29 is 9.13 Å². The predicted molar refractivity (Wildman–Crippen MR) is 138 cm³/mol. The van der Waals surface area contributed by atoms with E-state index < -0.39 is 0 Å². The van der Waals surface area contributed by atoms with Crippen LogP contribution < -0.4 is 9.64 Å². The van der Waals surface area contributed by atoms with Crippen molar-refractivity contribution in [3.05, 3.63) is 89.4 Å². The van der Waals surface area contributed by atoms with E-state index in [0.29, 0.717) is 11.3 Å². The summed E-state index contributed by atoms with van der Waals surface area (Å²) < 4.78 is 20.2. The Morgan fingerprint density at radius 2 is 1.69 bits per heavy atom. The molecular weight excluding hydrogens is 437 g/mol. The van der Waals surface area contributed by atoms with Crippen LogP contribution in [0.2, 0.25) is 0 Å². The number of aromatic nitrogens is 1. The number of nitrogens with zero attached hydrogens (tertiary/aromatic N) is 3. The van der Waals surface area contributed by atoms with E-state index in [1.54, 1.807) is 12.1 Å². The van der Waals surface area contributed by atoms with Crippen LogP contribution in [0.25, 0.3) is 22.0 Å². The van der Waals surface area contributed by atoms with Gasteiger partial charge in [-0.2, -0.15) is 5.26 Å². The molecule has 1 aromatic heterocycles. The predicted octanol–water partition coefficient (Wildman–Crippen LogP) is 7.35. The van der Waals surface area contributed by atoms with Crippen LogP contribution in [0.15, 0.2) is 66.7 Å². The molecule has 0 aliphatic carbocycles. The molecule has 4 nitrogen and oxygen atoms in total. The minimum Gasteiger partial charge on any atom is -0.486 e. The molecule has 3 aromatic carbocycles. The molecule has 35 heavy (non-hydrogen) atoms. The molecule has 0 saturated carbocycles. The van der Waals surface area contributed by atoms with Gasteiger partial charge in [0.2, 0.25) is 0 Å². The number of halogens is 1. The summed E-state index contributed by atoms with van der Waals surface area (Å²) >= 11 is 0. The molecule has 0 radical (unpaired) electrons. The quantitative estimate of drug-likeness (QED) is 0.309. The lowest BCUT2D eigenvalue weighted by Gasteiger charge is -2.29. The molecule has 1 saturated heterocycles. The number of hydrogen-bond acceptors (Lipinski definition) is 4. The maximum absolute atomic E-state index is 13.8. The van der Waals surface area contributed by atoms with E-state index in [-0.39, 0.29) is 11.9 Å². The second kappa shape index (κ2) is 9.76. The van der Waals surface area contributed by atoms with E-state index in [9.17, 15) is 4.39 Å². The fourth-order valence-corrected chi connectivity index (χ4v) is 5.03. The van der Waals surface area contributed by atoms with Crippen molar-refractivity contribution in [1.29, 1.82) is 5.26 Å². The van der Waals surface area contributed by atoms with Gasteiger partial charge in [0.1, 0.15) is 17.7 Å². The van der Waals surface area contributed by atoms with E-state index in [2.05, 4.69) is 29.2 Å². The molecule has 0 N–H and O–H groups in total. The third-order valence-electron chi connectivity index (χ3n) is 6.75. The van der Waals surface area contributed by atoms with Crippen LogP contribution in [-0.4, -0.2) is 18.1 Å². The highest BCUT2D eigenvalue weighted by Gasteiger charge is 2.22. The Balaban J connectivity index is 1.65. The Hall–Kier alpha value is -3.91. The maximum atomic E-state index is 13.8. The van der Waals surface area contributed by atoms with Crippen LogP contribution in [0, 0.1) is 24.1 Å². The van der Waals surface area contributed by atoms with Crippen LogP contribution >= 0.6 is 0 Å². The average molecular weight is 466 g/mol. The highest BCUT2D eigenvalue weighted by atomic mass is 19.1. The number of aryl methyl sites for hydroxylation is 1. The summed E-state index contributed by atoms with van der Waals surface area (Å²) in [7, 11) is 0. The summed E-state index contributed by atoms with van der Waals surface area (Å²) in [5.74, 6) is 0.421. The first-order chi connectivity index (χ1) is 17.0. The topological polar surface area (TPSA) is 49.2 Å². The number of anilines is 1. The van der Waals surface area contributed by atoms with Gasteiger partial charge in [-0.3, -0.25) is 4.98 Å². The first kappa shape index (κ1) is 22.9. The van der Waals surface area contributed by atoms with Crippen molar-refractivity contribution in [3.8, 4) is 22.9 Å². The Kier molecular flexibility index (Phi) is 6.37. The number of benzene rings is 3. The lowest BCUT2D eigenvalue weighted by atomic mass is 9.91. The normalized spacial score (nSPS) is 14.5. The van der Waals surface area contributed by atoms with Gasteiger partial charge in [0, 0.05) is 35.4 Å². The minimum atomic E-state index is -0.307. The van der Waals surface area contributed by atoms with Gasteiger partial charge < -0.3 is 9.64 Å². The van der Waals surface area contributed by atoms with Crippen molar-refractivity contribution >= 4 is 16.6 Å². The van der Waals surface area contributed by atoms with E-state index in [1.807, 2.05) is 38.1 Å². The molecule has 0 bridgehead atoms. The maximum Gasteiger partial charge on any atom is 0.123 e. The smallest absolute Gasteiger partial charge is 0.123 e. The van der Waals surface area contributed by atoms with Gasteiger partial charge in [0.05, 0.1) is 17.1 Å². The molecule has 2 heterocycles. The zero-order chi connectivity index (χ0) is 24.4. The molecule has 176 valence electrons. The Morgan fingerprint density at radius 3 is 2.37 bits per heavy atom. The van der Waals surface area contributed by atoms with Crippen molar-refractivity contribution in [3.63, 3.8) is 0 Å². The zero-order valence-corrected chi connectivity index (χ0v) is 20.1. The van der Waals surface area contributed by atoms with E-state index >= 15 is 0 Å². The molecule has 1 fully saturated rings. The molecule has 1 unspecified atom stereocenters. The van der Waals surface area contributed by atoms with Gasteiger partial charge in [-0.15, -0.1) is 0 Å². The Labute approximate surface area is 205 Å². The van der Waals surface area contributed by atoms with E-state index in [1.165, 1.54) is 37.1 Å². The van der Waals surface area contributed by atoms with Gasteiger partial charge in [0.25, 0.3) is 0 Å².